The number of carbonyl (C=O) groups excluding carboxylic acids is 1. The van der Waals surface area contributed by atoms with Crippen LogP contribution in [0.15, 0.2) is 12.2 Å². The van der Waals surface area contributed by atoms with Crippen LogP contribution in [0.2, 0.25) is 0 Å². The zero-order chi connectivity index (χ0) is 9.78. The van der Waals surface area contributed by atoms with Crippen LogP contribution in [0.25, 0.3) is 0 Å². The summed E-state index contributed by atoms with van der Waals surface area (Å²) in [5.41, 5.74) is 0.185. The summed E-state index contributed by atoms with van der Waals surface area (Å²) in [5.74, 6) is -1.26. The van der Waals surface area contributed by atoms with E-state index < -0.39 is 21.8 Å². The molecule has 0 saturated heterocycles. The Morgan fingerprint density at radius 2 is 2.08 bits per heavy atom. The first-order chi connectivity index (χ1) is 5.33. The van der Waals surface area contributed by atoms with Gasteiger partial charge in [0.05, 0.1) is 0 Å². The number of hydrogen-bond acceptors (Lipinski definition) is 4. The van der Waals surface area contributed by atoms with Crippen LogP contribution in [0.4, 0.5) is 0 Å². The van der Waals surface area contributed by atoms with E-state index in [1.54, 1.807) is 0 Å². The largest absolute Gasteiger partial charge is 2.00 e. The molecule has 0 unspecified atom stereocenters. The topological polar surface area (TPSA) is 80.7 Å². The number of carbonyl (C=O) groups is 1. The average molecular weight is 221 g/mol. The molecule has 0 aromatic heterocycles. The molecule has 74 valence electrons. The van der Waals surface area contributed by atoms with Crippen LogP contribution in [0, 0.1) is 0 Å². The smallest absolute Gasteiger partial charge is 1.00 e. The van der Waals surface area contributed by atoms with Crippen LogP contribution in [-0.2, 0) is 19.6 Å². The van der Waals surface area contributed by atoms with E-state index in [4.69, 9.17) is 4.55 Å². The van der Waals surface area contributed by atoms with Crippen molar-refractivity contribution in [3.05, 3.63) is 12.2 Å². The third-order valence-electron chi connectivity index (χ3n) is 0.923. The average Bonchev–Trinajstić information content (AvgIpc) is 1.84. The van der Waals surface area contributed by atoms with Gasteiger partial charge in [0, 0.05) is 5.57 Å². The summed E-state index contributed by atoms with van der Waals surface area (Å²) in [4.78, 5) is 10.6. The molecular formula is C6H12MgO5S. The van der Waals surface area contributed by atoms with Gasteiger partial charge in [0.15, 0.2) is 0 Å². The van der Waals surface area contributed by atoms with Crippen LogP contribution >= 0.6 is 0 Å². The van der Waals surface area contributed by atoms with Gasteiger partial charge in [-0.2, -0.15) is 8.42 Å². The molecular weight excluding hydrogens is 208 g/mol. The molecule has 0 aliphatic rings. The molecule has 0 radical (unpaired) electrons. The van der Waals surface area contributed by atoms with Gasteiger partial charge in [0.2, 0.25) is 0 Å². The van der Waals surface area contributed by atoms with Crippen molar-refractivity contribution < 1.29 is 25.4 Å². The van der Waals surface area contributed by atoms with Gasteiger partial charge < -0.3 is 7.59 Å². The predicted octanol–water partition coefficient (Wildman–Crippen LogP) is -0.162. The third-order valence-corrected chi connectivity index (χ3v) is 1.61. The van der Waals surface area contributed by atoms with Gasteiger partial charge in [0.1, 0.15) is 12.4 Å². The summed E-state index contributed by atoms with van der Waals surface area (Å²) in [5, 5.41) is 0. The second kappa shape index (κ2) is 6.36. The number of hydrogen-bond donors (Lipinski definition) is 1. The normalized spacial score (nSPS) is 10.0. The molecule has 1 N–H and O–H groups in total. The molecule has 0 bridgehead atoms. The maximum Gasteiger partial charge on any atom is 2.00 e. The van der Waals surface area contributed by atoms with Gasteiger partial charge >= 0.3 is 29.0 Å². The monoisotopic (exact) mass is 220 g/mol. The van der Waals surface area contributed by atoms with E-state index in [9.17, 15) is 13.2 Å². The van der Waals surface area contributed by atoms with Crippen molar-refractivity contribution in [2.24, 2.45) is 0 Å². The van der Waals surface area contributed by atoms with Crippen LogP contribution in [0.5, 0.6) is 0 Å². The zero-order valence-electron chi connectivity index (χ0n) is 9.32. The molecule has 0 spiro atoms. The molecule has 0 atom stereocenters. The molecule has 0 heterocycles. The fourth-order valence-electron chi connectivity index (χ4n) is 0.363. The minimum Gasteiger partial charge on any atom is -1.00 e. The quantitative estimate of drug-likeness (QED) is 0.308. The van der Waals surface area contributed by atoms with Crippen molar-refractivity contribution in [1.82, 2.24) is 0 Å². The molecule has 0 aliphatic heterocycles. The van der Waals surface area contributed by atoms with Gasteiger partial charge in [-0.05, 0) is 6.92 Å². The Hall–Kier alpha value is -0.114. The summed E-state index contributed by atoms with van der Waals surface area (Å²) in [6.07, 6.45) is 0. The molecule has 0 aromatic carbocycles. The first-order valence-corrected chi connectivity index (χ1v) is 4.71. The van der Waals surface area contributed by atoms with Gasteiger partial charge in [-0.15, -0.1) is 0 Å². The van der Waals surface area contributed by atoms with Crippen molar-refractivity contribution in [3.8, 4) is 0 Å². The molecule has 7 heteroatoms. The minimum absolute atomic E-state index is 0. The fourth-order valence-corrected chi connectivity index (χ4v) is 0.657. The van der Waals surface area contributed by atoms with Crippen molar-refractivity contribution in [3.63, 3.8) is 0 Å². The Labute approximate surface area is 96.0 Å². The van der Waals surface area contributed by atoms with E-state index in [0.717, 1.165) is 0 Å². The molecule has 0 saturated carbocycles. The Kier molecular flexibility index (Phi) is 7.51. The summed E-state index contributed by atoms with van der Waals surface area (Å²) in [6, 6.07) is 0. The fraction of sp³-hybridized carbons (Fsp3) is 0.500. The van der Waals surface area contributed by atoms with E-state index in [1.165, 1.54) is 6.92 Å². The SMILES string of the molecule is C=C(C)C(=O)OCCS(=O)(=O)O.[H-].[H-].[Mg+2]. The molecule has 0 amide bonds. The molecule has 0 aromatic rings. The Morgan fingerprint density at radius 1 is 1.62 bits per heavy atom. The summed E-state index contributed by atoms with van der Waals surface area (Å²) < 4.78 is 32.9. The van der Waals surface area contributed by atoms with Crippen LogP contribution in [0.3, 0.4) is 0 Å². The molecule has 0 aliphatic carbocycles. The van der Waals surface area contributed by atoms with Gasteiger partial charge in [0.25, 0.3) is 10.1 Å². The summed E-state index contributed by atoms with van der Waals surface area (Å²) >= 11 is 0. The molecule has 0 fully saturated rings. The van der Waals surface area contributed by atoms with Gasteiger partial charge in [-0.1, -0.05) is 6.58 Å². The minimum atomic E-state index is -4.05. The first kappa shape index (κ1) is 15.4. The number of esters is 1. The maximum absolute atomic E-state index is 10.6. The van der Waals surface area contributed by atoms with Gasteiger partial charge in [-0.3, -0.25) is 4.55 Å². The van der Waals surface area contributed by atoms with E-state index in [-0.39, 0.29) is 38.1 Å². The second-order valence-corrected chi connectivity index (χ2v) is 3.77. The standard InChI is InChI=1S/C6H10O5S.Mg.2H/c1-5(2)6(7)11-3-4-12(8,9)10;;;/h1,3-4H2,2H3,(H,8,9,10);;;/q;+2;2*-1. The van der Waals surface area contributed by atoms with Crippen LogP contribution < -0.4 is 0 Å². The number of ether oxygens (including phenoxy) is 1. The Balaban J connectivity index is -0.000000202. The van der Waals surface area contributed by atoms with Crippen LogP contribution in [0.1, 0.15) is 9.78 Å². The Bertz CT molecular complexity index is 290. The molecule has 13 heavy (non-hydrogen) atoms. The second-order valence-electron chi connectivity index (χ2n) is 2.20. The zero-order valence-corrected chi connectivity index (χ0v) is 9.55. The Morgan fingerprint density at radius 3 is 2.38 bits per heavy atom. The maximum atomic E-state index is 10.6. The third kappa shape index (κ3) is 9.80. The van der Waals surface area contributed by atoms with Crippen LogP contribution in [-0.4, -0.2) is 54.4 Å². The number of rotatable bonds is 4. The van der Waals surface area contributed by atoms with E-state index >= 15 is 0 Å². The van der Waals surface area contributed by atoms with E-state index in [2.05, 4.69) is 11.3 Å². The van der Waals surface area contributed by atoms with Crippen molar-refractivity contribution >= 4 is 39.1 Å². The van der Waals surface area contributed by atoms with Crippen molar-refractivity contribution in [2.45, 2.75) is 6.92 Å². The predicted molar refractivity (Wildman–Crippen MR) is 50.2 cm³/mol. The summed E-state index contributed by atoms with van der Waals surface area (Å²) in [6.45, 7) is 4.37. The van der Waals surface area contributed by atoms with Gasteiger partial charge in [-0.25, -0.2) is 4.79 Å². The van der Waals surface area contributed by atoms with Crippen molar-refractivity contribution in [1.29, 1.82) is 0 Å². The first-order valence-electron chi connectivity index (χ1n) is 3.11. The van der Waals surface area contributed by atoms with E-state index in [0.29, 0.717) is 0 Å². The van der Waals surface area contributed by atoms with Crippen molar-refractivity contribution in [2.75, 3.05) is 12.4 Å². The molecule has 0 rings (SSSR count). The van der Waals surface area contributed by atoms with E-state index in [1.807, 2.05) is 0 Å². The molecule has 5 nitrogen and oxygen atoms in total. The summed E-state index contributed by atoms with van der Waals surface area (Å²) in [7, 11) is -4.05.